The highest BCUT2D eigenvalue weighted by atomic mass is 35.5. The van der Waals surface area contributed by atoms with E-state index >= 15 is 0 Å². The second-order valence-corrected chi connectivity index (χ2v) is 6.73. The van der Waals surface area contributed by atoms with Crippen LogP contribution in [0.15, 0.2) is 77.7 Å². The van der Waals surface area contributed by atoms with Crippen molar-refractivity contribution in [3.05, 3.63) is 93.9 Å². The summed E-state index contributed by atoms with van der Waals surface area (Å²) in [6, 6.07) is 21.4. The first-order valence-electron chi connectivity index (χ1n) is 8.79. The second kappa shape index (κ2) is 7.74. The number of halogens is 1. The van der Waals surface area contributed by atoms with Gasteiger partial charge in [0.1, 0.15) is 11.4 Å². The van der Waals surface area contributed by atoms with E-state index in [2.05, 4.69) is 10.4 Å². The summed E-state index contributed by atoms with van der Waals surface area (Å²) in [5.41, 5.74) is 1.77. The van der Waals surface area contributed by atoms with Crippen molar-refractivity contribution in [3.8, 4) is 5.75 Å². The van der Waals surface area contributed by atoms with E-state index in [4.69, 9.17) is 16.3 Å². The molecule has 28 heavy (non-hydrogen) atoms. The molecular weight excluding hydrogens is 374 g/mol. The van der Waals surface area contributed by atoms with Crippen molar-refractivity contribution in [2.75, 3.05) is 12.4 Å². The van der Waals surface area contributed by atoms with Gasteiger partial charge in [0.2, 0.25) is 0 Å². The molecule has 0 aliphatic heterocycles. The third-order valence-electron chi connectivity index (χ3n) is 4.56. The van der Waals surface area contributed by atoms with Gasteiger partial charge in [-0.15, -0.1) is 0 Å². The number of benzene rings is 3. The number of aromatic nitrogens is 2. The van der Waals surface area contributed by atoms with Crippen LogP contribution in [0.5, 0.6) is 5.75 Å². The van der Waals surface area contributed by atoms with E-state index in [9.17, 15) is 4.79 Å². The molecule has 140 valence electrons. The van der Waals surface area contributed by atoms with Gasteiger partial charge in [-0.05, 0) is 40.6 Å². The molecule has 0 saturated carbocycles. The maximum atomic E-state index is 13.0. The van der Waals surface area contributed by atoms with E-state index in [1.165, 1.54) is 10.9 Å². The average molecular weight is 392 g/mol. The fourth-order valence-corrected chi connectivity index (χ4v) is 3.28. The fraction of sp³-hybridized carbons (Fsp3) is 0.0909. The number of anilines is 2. The summed E-state index contributed by atoms with van der Waals surface area (Å²) in [6.45, 7) is 0.356. The van der Waals surface area contributed by atoms with Crippen molar-refractivity contribution in [2.45, 2.75) is 6.54 Å². The molecule has 0 radical (unpaired) electrons. The first kappa shape index (κ1) is 18.1. The van der Waals surface area contributed by atoms with Crippen molar-refractivity contribution < 1.29 is 4.74 Å². The van der Waals surface area contributed by atoms with Crippen LogP contribution in [-0.2, 0) is 6.54 Å². The third kappa shape index (κ3) is 3.57. The Bertz CT molecular complexity index is 1180. The zero-order valence-corrected chi connectivity index (χ0v) is 16.0. The van der Waals surface area contributed by atoms with Crippen molar-refractivity contribution in [1.82, 2.24) is 9.78 Å². The molecule has 0 fully saturated rings. The molecule has 1 N–H and O–H groups in total. The Labute approximate surface area is 167 Å². The Kier molecular flexibility index (Phi) is 5.00. The second-order valence-electron chi connectivity index (χ2n) is 6.32. The van der Waals surface area contributed by atoms with E-state index in [1.54, 1.807) is 7.11 Å². The van der Waals surface area contributed by atoms with Crippen LogP contribution in [0.4, 0.5) is 11.4 Å². The molecule has 4 rings (SSSR count). The molecule has 3 aromatic carbocycles. The van der Waals surface area contributed by atoms with Gasteiger partial charge < -0.3 is 10.1 Å². The molecule has 0 atom stereocenters. The van der Waals surface area contributed by atoms with Gasteiger partial charge in [-0.1, -0.05) is 54.1 Å². The summed E-state index contributed by atoms with van der Waals surface area (Å²) in [6.07, 6.45) is 1.49. The van der Waals surface area contributed by atoms with Crippen LogP contribution < -0.4 is 15.6 Å². The number of fused-ring (bicyclic) bond motifs is 1. The Balaban J connectivity index is 1.69. The molecule has 0 aliphatic rings. The van der Waals surface area contributed by atoms with Crippen LogP contribution in [0.2, 0.25) is 5.02 Å². The van der Waals surface area contributed by atoms with Gasteiger partial charge in [0.25, 0.3) is 5.56 Å². The highest BCUT2D eigenvalue weighted by Gasteiger charge is 2.12. The predicted molar refractivity (Wildman–Crippen MR) is 113 cm³/mol. The molecule has 0 spiro atoms. The van der Waals surface area contributed by atoms with Crippen LogP contribution in [0, 0.1) is 0 Å². The lowest BCUT2D eigenvalue weighted by Crippen LogP contribution is -2.25. The van der Waals surface area contributed by atoms with E-state index in [1.807, 2.05) is 66.7 Å². The summed E-state index contributed by atoms with van der Waals surface area (Å²) in [5.74, 6) is 0.736. The normalized spacial score (nSPS) is 10.8. The lowest BCUT2D eigenvalue weighted by Gasteiger charge is -2.12. The third-order valence-corrected chi connectivity index (χ3v) is 4.84. The first-order chi connectivity index (χ1) is 13.7. The lowest BCUT2D eigenvalue weighted by molar-refractivity contribution is 0.415. The number of methoxy groups -OCH3 is 1. The molecular formula is C22H18ClN3O2. The molecule has 1 heterocycles. The molecule has 0 unspecified atom stereocenters. The van der Waals surface area contributed by atoms with E-state index < -0.39 is 0 Å². The summed E-state index contributed by atoms with van der Waals surface area (Å²) in [5, 5.41) is 9.81. The minimum absolute atomic E-state index is 0.273. The minimum atomic E-state index is -0.281. The molecule has 5 nitrogen and oxygen atoms in total. The highest BCUT2D eigenvalue weighted by molar-refractivity contribution is 6.33. The summed E-state index contributed by atoms with van der Waals surface area (Å²) >= 11 is 6.24. The Morgan fingerprint density at radius 3 is 2.57 bits per heavy atom. The largest absolute Gasteiger partial charge is 0.497 e. The van der Waals surface area contributed by atoms with E-state index in [-0.39, 0.29) is 10.6 Å². The predicted octanol–water partition coefficient (Wildman–Crippen LogP) is 4.85. The molecule has 0 amide bonds. The quantitative estimate of drug-likeness (QED) is 0.528. The smallest absolute Gasteiger partial charge is 0.292 e. The number of hydrogen-bond donors (Lipinski definition) is 1. The molecule has 4 aromatic rings. The first-order valence-corrected chi connectivity index (χ1v) is 9.17. The van der Waals surface area contributed by atoms with Gasteiger partial charge >= 0.3 is 0 Å². The van der Waals surface area contributed by atoms with E-state index in [0.29, 0.717) is 12.2 Å². The van der Waals surface area contributed by atoms with Crippen LogP contribution in [0.1, 0.15) is 5.56 Å². The fourth-order valence-electron chi connectivity index (χ4n) is 3.10. The number of nitrogens with zero attached hydrogens (tertiary/aromatic N) is 2. The summed E-state index contributed by atoms with van der Waals surface area (Å²) < 4.78 is 6.57. The Hall–Kier alpha value is -3.31. The molecule has 6 heteroatoms. The van der Waals surface area contributed by atoms with Gasteiger partial charge in [-0.25, -0.2) is 4.68 Å². The zero-order chi connectivity index (χ0) is 19.5. The zero-order valence-electron chi connectivity index (χ0n) is 15.2. The van der Waals surface area contributed by atoms with Crippen molar-refractivity contribution in [2.24, 2.45) is 0 Å². The molecule has 0 saturated heterocycles. The average Bonchev–Trinajstić information content (AvgIpc) is 2.74. The van der Waals surface area contributed by atoms with Gasteiger partial charge in [0.05, 0.1) is 24.9 Å². The maximum Gasteiger partial charge on any atom is 0.292 e. The highest BCUT2D eigenvalue weighted by Crippen LogP contribution is 2.23. The van der Waals surface area contributed by atoms with Crippen LogP contribution in [0.25, 0.3) is 10.8 Å². The molecule has 1 aromatic heterocycles. The van der Waals surface area contributed by atoms with E-state index in [0.717, 1.165) is 27.8 Å². The molecule has 0 bridgehead atoms. The minimum Gasteiger partial charge on any atom is -0.497 e. The topological polar surface area (TPSA) is 56.1 Å². The number of hydrogen-bond acceptors (Lipinski definition) is 4. The summed E-state index contributed by atoms with van der Waals surface area (Å²) in [7, 11) is 1.61. The van der Waals surface area contributed by atoms with Gasteiger partial charge in [0.15, 0.2) is 0 Å². The SMILES string of the molecule is COc1ccc(Nc2c(Cl)cnn(Cc3cccc4ccccc34)c2=O)cc1. The van der Waals surface area contributed by atoms with Crippen LogP contribution in [0.3, 0.4) is 0 Å². The Morgan fingerprint density at radius 1 is 1.04 bits per heavy atom. The van der Waals surface area contributed by atoms with Crippen molar-refractivity contribution in [1.29, 1.82) is 0 Å². The van der Waals surface area contributed by atoms with Crippen LogP contribution in [-0.4, -0.2) is 16.9 Å². The number of nitrogens with one attached hydrogen (secondary N) is 1. The monoisotopic (exact) mass is 391 g/mol. The number of ether oxygens (including phenoxy) is 1. The van der Waals surface area contributed by atoms with Crippen LogP contribution >= 0.6 is 11.6 Å². The van der Waals surface area contributed by atoms with Gasteiger partial charge in [-0.2, -0.15) is 5.10 Å². The standard InChI is InChI=1S/C22H18ClN3O2/c1-28-18-11-9-17(10-12-18)25-21-20(23)13-24-26(22(21)27)14-16-7-4-6-15-5-2-3-8-19(15)16/h2-13,25H,14H2,1H3. The number of rotatable bonds is 5. The summed E-state index contributed by atoms with van der Waals surface area (Å²) in [4.78, 5) is 13.0. The van der Waals surface area contributed by atoms with Crippen molar-refractivity contribution in [3.63, 3.8) is 0 Å². The maximum absolute atomic E-state index is 13.0. The lowest BCUT2D eigenvalue weighted by atomic mass is 10.0. The van der Waals surface area contributed by atoms with Crippen molar-refractivity contribution >= 4 is 33.7 Å². The van der Waals surface area contributed by atoms with Gasteiger partial charge in [-0.3, -0.25) is 4.79 Å². The molecule has 0 aliphatic carbocycles. The van der Waals surface area contributed by atoms with Gasteiger partial charge in [0, 0.05) is 5.69 Å². The Morgan fingerprint density at radius 2 is 1.79 bits per heavy atom.